The number of carbonyl (C=O) groups is 2. The van der Waals surface area contributed by atoms with Gasteiger partial charge in [-0.1, -0.05) is 30.3 Å². The molecule has 4 rings (SSSR count). The molecule has 0 aliphatic carbocycles. The Kier molecular flexibility index (Phi) is 5.69. The van der Waals surface area contributed by atoms with Gasteiger partial charge in [-0.05, 0) is 43.5 Å². The first-order valence-electron chi connectivity index (χ1n) is 10.2. The molecular formula is C23H26N2O4. The minimum Gasteiger partial charge on any atom is -0.486 e. The first kappa shape index (κ1) is 19.3. The highest BCUT2D eigenvalue weighted by atomic mass is 16.6. The molecule has 0 bridgehead atoms. The molecule has 2 unspecified atom stereocenters. The summed E-state index contributed by atoms with van der Waals surface area (Å²) in [7, 11) is 0. The van der Waals surface area contributed by atoms with Crippen molar-refractivity contribution in [2.45, 2.75) is 32.3 Å². The van der Waals surface area contributed by atoms with Crippen LogP contribution in [0.1, 0.15) is 25.3 Å². The molecule has 152 valence electrons. The number of nitrogens with one attached hydrogen (secondary N) is 1. The fourth-order valence-corrected chi connectivity index (χ4v) is 3.91. The van der Waals surface area contributed by atoms with Gasteiger partial charge in [0.15, 0.2) is 17.6 Å². The van der Waals surface area contributed by atoms with E-state index in [1.807, 2.05) is 55.5 Å². The van der Waals surface area contributed by atoms with Crippen LogP contribution in [0.4, 0.5) is 5.69 Å². The van der Waals surface area contributed by atoms with Crippen LogP contribution in [0.2, 0.25) is 0 Å². The van der Waals surface area contributed by atoms with Crippen LogP contribution in [0.3, 0.4) is 0 Å². The van der Waals surface area contributed by atoms with Crippen molar-refractivity contribution in [3.8, 4) is 11.5 Å². The van der Waals surface area contributed by atoms with Crippen LogP contribution in [0, 0.1) is 5.92 Å². The van der Waals surface area contributed by atoms with Gasteiger partial charge < -0.3 is 19.7 Å². The van der Waals surface area contributed by atoms with E-state index in [1.165, 1.54) is 0 Å². The van der Waals surface area contributed by atoms with Gasteiger partial charge in [0.2, 0.25) is 11.8 Å². The molecule has 2 atom stereocenters. The number of nitrogens with zero attached hydrogens (tertiary/aromatic N) is 1. The maximum absolute atomic E-state index is 12.8. The Morgan fingerprint density at radius 1 is 1.14 bits per heavy atom. The highest BCUT2D eigenvalue weighted by Gasteiger charge is 2.28. The molecule has 6 nitrogen and oxygen atoms in total. The third-order valence-electron chi connectivity index (χ3n) is 5.54. The summed E-state index contributed by atoms with van der Waals surface area (Å²) in [5, 5.41) is 2.95. The third kappa shape index (κ3) is 4.36. The predicted octanol–water partition coefficient (Wildman–Crippen LogP) is 3.27. The molecular weight excluding hydrogens is 368 g/mol. The first-order chi connectivity index (χ1) is 14.1. The molecule has 2 aromatic carbocycles. The number of rotatable bonds is 6. The second-order valence-electron chi connectivity index (χ2n) is 7.52. The minimum atomic E-state index is -0.196. The van der Waals surface area contributed by atoms with Crippen LogP contribution in [0.25, 0.3) is 0 Å². The number of fused-ring (bicyclic) bond motifs is 2. The molecule has 1 N–H and O–H groups in total. The molecule has 0 radical (unpaired) electrons. The maximum atomic E-state index is 12.8. The second-order valence-corrected chi connectivity index (χ2v) is 7.52. The van der Waals surface area contributed by atoms with Crippen molar-refractivity contribution in [2.24, 2.45) is 5.92 Å². The summed E-state index contributed by atoms with van der Waals surface area (Å²) in [6.07, 6.45) is 1.37. The number of hydrogen-bond acceptors (Lipinski definition) is 4. The molecule has 0 saturated heterocycles. The molecule has 29 heavy (non-hydrogen) atoms. The lowest BCUT2D eigenvalue weighted by molar-refractivity contribution is -0.133. The van der Waals surface area contributed by atoms with E-state index < -0.39 is 0 Å². The summed E-state index contributed by atoms with van der Waals surface area (Å²) in [5.74, 6) is 1.32. The number of ether oxygens (including phenoxy) is 2. The van der Waals surface area contributed by atoms with E-state index in [2.05, 4.69) is 5.32 Å². The van der Waals surface area contributed by atoms with Crippen molar-refractivity contribution in [3.63, 3.8) is 0 Å². The summed E-state index contributed by atoms with van der Waals surface area (Å²) < 4.78 is 11.7. The molecule has 2 aliphatic heterocycles. The molecule has 0 saturated carbocycles. The average Bonchev–Trinajstić information content (AvgIpc) is 2.75. The number of amides is 2. The topological polar surface area (TPSA) is 67.9 Å². The minimum absolute atomic E-state index is 0.000157. The summed E-state index contributed by atoms with van der Waals surface area (Å²) in [5.41, 5.74) is 2.01. The Balaban J connectivity index is 1.31. The van der Waals surface area contributed by atoms with Crippen molar-refractivity contribution >= 4 is 17.5 Å². The van der Waals surface area contributed by atoms with Gasteiger partial charge in [-0.25, -0.2) is 0 Å². The molecule has 0 fully saturated rings. The monoisotopic (exact) mass is 394 g/mol. The van der Waals surface area contributed by atoms with Crippen LogP contribution >= 0.6 is 0 Å². The lowest BCUT2D eigenvalue weighted by Gasteiger charge is -2.31. The number of hydrogen-bond donors (Lipinski definition) is 1. The van der Waals surface area contributed by atoms with Gasteiger partial charge in [0.05, 0.1) is 6.54 Å². The standard InChI is InChI=1S/C23H26N2O4/c1-2-25(14-18-15-28-20-9-5-6-10-21(20)29-18)22(26)12-11-17-13-16-7-3-4-8-19(16)24-23(17)27/h3-10,17-18H,2,11-15H2,1H3,(H,24,27). The fourth-order valence-electron chi connectivity index (χ4n) is 3.91. The highest BCUT2D eigenvalue weighted by Crippen LogP contribution is 2.31. The van der Waals surface area contributed by atoms with Crippen molar-refractivity contribution < 1.29 is 19.1 Å². The van der Waals surface area contributed by atoms with Crippen molar-refractivity contribution in [1.82, 2.24) is 4.90 Å². The Labute approximate surface area is 170 Å². The summed E-state index contributed by atoms with van der Waals surface area (Å²) in [6.45, 7) is 3.45. The van der Waals surface area contributed by atoms with Gasteiger partial charge in [0, 0.05) is 24.6 Å². The lowest BCUT2D eigenvalue weighted by atomic mass is 9.89. The number of benzene rings is 2. The number of carbonyl (C=O) groups excluding carboxylic acids is 2. The average molecular weight is 394 g/mol. The Morgan fingerprint density at radius 3 is 2.72 bits per heavy atom. The molecule has 2 amide bonds. The summed E-state index contributed by atoms with van der Waals surface area (Å²) >= 11 is 0. The van der Waals surface area contributed by atoms with E-state index in [9.17, 15) is 9.59 Å². The van der Waals surface area contributed by atoms with E-state index in [-0.39, 0.29) is 23.8 Å². The quantitative estimate of drug-likeness (QED) is 0.817. The van der Waals surface area contributed by atoms with Gasteiger partial charge >= 0.3 is 0 Å². The molecule has 6 heteroatoms. The zero-order chi connectivity index (χ0) is 20.2. The zero-order valence-electron chi connectivity index (χ0n) is 16.6. The SMILES string of the molecule is CCN(CC1COc2ccccc2O1)C(=O)CCC1Cc2ccccc2NC1=O. The molecule has 0 aromatic heterocycles. The molecule has 2 aromatic rings. The molecule has 2 heterocycles. The number of likely N-dealkylation sites (N-methyl/N-ethyl adjacent to an activating group) is 1. The van der Waals surface area contributed by atoms with Gasteiger partial charge in [-0.15, -0.1) is 0 Å². The zero-order valence-corrected chi connectivity index (χ0v) is 16.6. The van der Waals surface area contributed by atoms with Crippen LogP contribution in [-0.4, -0.2) is 42.5 Å². The van der Waals surface area contributed by atoms with Crippen LogP contribution < -0.4 is 14.8 Å². The predicted molar refractivity (Wildman–Crippen MR) is 110 cm³/mol. The van der Waals surface area contributed by atoms with E-state index in [0.29, 0.717) is 44.7 Å². The summed E-state index contributed by atoms with van der Waals surface area (Å²) in [6, 6.07) is 15.4. The number of para-hydroxylation sites is 3. The maximum Gasteiger partial charge on any atom is 0.227 e. The van der Waals surface area contributed by atoms with Gasteiger partial charge in [-0.2, -0.15) is 0 Å². The summed E-state index contributed by atoms with van der Waals surface area (Å²) in [4.78, 5) is 26.9. The van der Waals surface area contributed by atoms with E-state index in [4.69, 9.17) is 9.47 Å². The third-order valence-corrected chi connectivity index (χ3v) is 5.54. The Morgan fingerprint density at radius 2 is 1.90 bits per heavy atom. The van der Waals surface area contributed by atoms with Crippen LogP contribution in [0.5, 0.6) is 11.5 Å². The Hall–Kier alpha value is -3.02. The van der Waals surface area contributed by atoms with Gasteiger partial charge in [-0.3, -0.25) is 9.59 Å². The molecule has 2 aliphatic rings. The second kappa shape index (κ2) is 8.55. The van der Waals surface area contributed by atoms with Crippen molar-refractivity contribution in [2.75, 3.05) is 25.0 Å². The molecule has 0 spiro atoms. The van der Waals surface area contributed by atoms with E-state index >= 15 is 0 Å². The van der Waals surface area contributed by atoms with Crippen molar-refractivity contribution in [1.29, 1.82) is 0 Å². The number of anilines is 1. The fraction of sp³-hybridized carbons (Fsp3) is 0.391. The smallest absolute Gasteiger partial charge is 0.227 e. The van der Waals surface area contributed by atoms with Gasteiger partial charge in [0.1, 0.15) is 6.61 Å². The normalized spacial score (nSPS) is 19.8. The Bertz CT molecular complexity index is 898. The van der Waals surface area contributed by atoms with Crippen LogP contribution in [0.15, 0.2) is 48.5 Å². The lowest BCUT2D eigenvalue weighted by Crippen LogP contribution is -2.43. The first-order valence-corrected chi connectivity index (χ1v) is 10.2. The van der Waals surface area contributed by atoms with Crippen molar-refractivity contribution in [3.05, 3.63) is 54.1 Å². The van der Waals surface area contributed by atoms with E-state index in [1.54, 1.807) is 4.90 Å². The van der Waals surface area contributed by atoms with Gasteiger partial charge in [0.25, 0.3) is 0 Å². The van der Waals surface area contributed by atoms with E-state index in [0.717, 1.165) is 17.0 Å². The highest BCUT2D eigenvalue weighted by molar-refractivity contribution is 5.96. The van der Waals surface area contributed by atoms with Crippen LogP contribution in [-0.2, 0) is 16.0 Å². The largest absolute Gasteiger partial charge is 0.486 e.